The van der Waals surface area contributed by atoms with E-state index < -0.39 is 11.6 Å². The van der Waals surface area contributed by atoms with E-state index in [1.54, 1.807) is 7.05 Å². The van der Waals surface area contributed by atoms with Gasteiger partial charge in [-0.2, -0.15) is 0 Å². The molecule has 2 rings (SSSR count). The monoisotopic (exact) mass is 389 g/mol. The van der Waals surface area contributed by atoms with Gasteiger partial charge in [0.05, 0.1) is 6.04 Å². The standard InChI is InChI=1S/C14H11Br2F2N/c1-19-14(8-4-10(17)7-11(18)5-8)12-6-9(15)2-3-13(12)16/h2-7,14,19H,1H3. The van der Waals surface area contributed by atoms with Gasteiger partial charge >= 0.3 is 0 Å². The molecule has 2 aromatic carbocycles. The highest BCUT2D eigenvalue weighted by atomic mass is 79.9. The number of hydrogen-bond acceptors (Lipinski definition) is 1. The lowest BCUT2D eigenvalue weighted by atomic mass is 9.98. The maximum atomic E-state index is 13.3. The summed E-state index contributed by atoms with van der Waals surface area (Å²) in [7, 11) is 1.75. The van der Waals surface area contributed by atoms with E-state index >= 15 is 0 Å². The van der Waals surface area contributed by atoms with Crippen molar-refractivity contribution in [3.63, 3.8) is 0 Å². The summed E-state index contributed by atoms with van der Waals surface area (Å²) in [5.74, 6) is -1.16. The van der Waals surface area contributed by atoms with Crippen LogP contribution in [0.1, 0.15) is 17.2 Å². The van der Waals surface area contributed by atoms with Crippen molar-refractivity contribution in [1.29, 1.82) is 0 Å². The maximum absolute atomic E-state index is 13.3. The van der Waals surface area contributed by atoms with E-state index in [2.05, 4.69) is 37.2 Å². The van der Waals surface area contributed by atoms with Crippen molar-refractivity contribution < 1.29 is 8.78 Å². The first kappa shape index (κ1) is 14.6. The molecule has 100 valence electrons. The summed E-state index contributed by atoms with van der Waals surface area (Å²) >= 11 is 6.86. The van der Waals surface area contributed by atoms with Gasteiger partial charge in [-0.1, -0.05) is 31.9 Å². The summed E-state index contributed by atoms with van der Waals surface area (Å²) in [6, 6.07) is 8.93. The molecule has 1 nitrogen and oxygen atoms in total. The molecule has 19 heavy (non-hydrogen) atoms. The molecule has 0 aliphatic rings. The predicted octanol–water partition coefficient (Wildman–Crippen LogP) is 4.80. The fourth-order valence-corrected chi connectivity index (χ4v) is 2.83. The highest BCUT2D eigenvalue weighted by Crippen LogP contribution is 2.31. The fraction of sp³-hybridized carbons (Fsp3) is 0.143. The second-order valence-corrected chi connectivity index (χ2v) is 5.86. The molecule has 0 aliphatic carbocycles. The summed E-state index contributed by atoms with van der Waals surface area (Å²) in [6.45, 7) is 0. The van der Waals surface area contributed by atoms with Crippen molar-refractivity contribution in [2.24, 2.45) is 0 Å². The molecule has 0 radical (unpaired) electrons. The molecule has 1 unspecified atom stereocenters. The Morgan fingerprint density at radius 3 is 2.21 bits per heavy atom. The Morgan fingerprint density at radius 1 is 1.00 bits per heavy atom. The lowest BCUT2D eigenvalue weighted by molar-refractivity contribution is 0.571. The maximum Gasteiger partial charge on any atom is 0.126 e. The van der Waals surface area contributed by atoms with Crippen molar-refractivity contribution >= 4 is 31.9 Å². The topological polar surface area (TPSA) is 12.0 Å². The molecular weight excluding hydrogens is 380 g/mol. The zero-order valence-electron chi connectivity index (χ0n) is 10.1. The minimum Gasteiger partial charge on any atom is -0.309 e. The molecule has 0 saturated heterocycles. The Labute approximate surface area is 127 Å². The average molecular weight is 391 g/mol. The van der Waals surface area contributed by atoms with E-state index in [1.807, 2.05) is 18.2 Å². The van der Waals surface area contributed by atoms with Crippen LogP contribution >= 0.6 is 31.9 Å². The van der Waals surface area contributed by atoms with Gasteiger partial charge in [-0.3, -0.25) is 0 Å². The molecule has 2 aromatic rings. The number of hydrogen-bond donors (Lipinski definition) is 1. The third-order valence-corrected chi connectivity index (χ3v) is 3.99. The lowest BCUT2D eigenvalue weighted by Gasteiger charge is -2.19. The van der Waals surface area contributed by atoms with Crippen LogP contribution in [-0.4, -0.2) is 7.05 Å². The summed E-state index contributed by atoms with van der Waals surface area (Å²) < 4.78 is 28.4. The summed E-state index contributed by atoms with van der Waals surface area (Å²) in [6.07, 6.45) is 0. The minimum atomic E-state index is -0.582. The molecule has 0 bridgehead atoms. The number of rotatable bonds is 3. The molecule has 0 fully saturated rings. The first-order chi connectivity index (χ1) is 9.01. The third kappa shape index (κ3) is 3.41. The molecule has 0 aromatic heterocycles. The van der Waals surface area contributed by atoms with Crippen LogP contribution in [-0.2, 0) is 0 Å². The molecule has 0 amide bonds. The quantitative estimate of drug-likeness (QED) is 0.793. The number of benzene rings is 2. The van der Waals surface area contributed by atoms with Crippen LogP contribution in [0.25, 0.3) is 0 Å². The molecular formula is C14H11Br2F2N. The number of halogens is 4. The molecule has 1 atom stereocenters. The van der Waals surface area contributed by atoms with E-state index in [4.69, 9.17) is 0 Å². The Bertz CT molecular complexity index is 582. The Kier molecular flexibility index (Phi) is 4.71. The number of nitrogens with one attached hydrogen (secondary N) is 1. The molecule has 5 heteroatoms. The van der Waals surface area contributed by atoms with Gasteiger partial charge < -0.3 is 5.32 Å². The molecule has 0 aliphatic heterocycles. The van der Waals surface area contributed by atoms with Crippen LogP contribution in [0.15, 0.2) is 45.3 Å². The average Bonchev–Trinajstić information content (AvgIpc) is 2.33. The van der Waals surface area contributed by atoms with Crippen molar-refractivity contribution in [3.05, 3.63) is 68.1 Å². The highest BCUT2D eigenvalue weighted by Gasteiger charge is 2.17. The Morgan fingerprint density at radius 2 is 1.63 bits per heavy atom. The van der Waals surface area contributed by atoms with E-state index in [0.29, 0.717) is 5.56 Å². The Balaban J connectivity index is 2.52. The first-order valence-corrected chi connectivity index (χ1v) is 7.18. The molecule has 0 spiro atoms. The first-order valence-electron chi connectivity index (χ1n) is 5.59. The van der Waals surface area contributed by atoms with Crippen molar-refractivity contribution in [3.8, 4) is 0 Å². The van der Waals surface area contributed by atoms with Crippen molar-refractivity contribution in [1.82, 2.24) is 5.32 Å². The SMILES string of the molecule is CNC(c1cc(F)cc(F)c1)c1cc(Br)ccc1Br. The van der Waals surface area contributed by atoms with E-state index in [-0.39, 0.29) is 6.04 Å². The molecule has 0 heterocycles. The fourth-order valence-electron chi connectivity index (χ4n) is 1.98. The summed E-state index contributed by atoms with van der Waals surface area (Å²) in [4.78, 5) is 0. The summed E-state index contributed by atoms with van der Waals surface area (Å²) in [5.41, 5.74) is 1.45. The van der Waals surface area contributed by atoms with E-state index in [1.165, 1.54) is 12.1 Å². The summed E-state index contributed by atoms with van der Waals surface area (Å²) in [5, 5.41) is 3.07. The van der Waals surface area contributed by atoms with Crippen LogP contribution in [0.3, 0.4) is 0 Å². The predicted molar refractivity (Wildman–Crippen MR) is 79.1 cm³/mol. The van der Waals surface area contributed by atoms with Crippen LogP contribution in [0.2, 0.25) is 0 Å². The van der Waals surface area contributed by atoms with Gasteiger partial charge in [-0.25, -0.2) is 8.78 Å². The third-order valence-electron chi connectivity index (χ3n) is 2.78. The largest absolute Gasteiger partial charge is 0.309 e. The normalized spacial score (nSPS) is 12.5. The van der Waals surface area contributed by atoms with Crippen molar-refractivity contribution in [2.45, 2.75) is 6.04 Å². The van der Waals surface area contributed by atoms with Crippen LogP contribution in [0.4, 0.5) is 8.78 Å². The zero-order valence-corrected chi connectivity index (χ0v) is 13.2. The van der Waals surface area contributed by atoms with Gasteiger partial charge in [-0.15, -0.1) is 0 Å². The van der Waals surface area contributed by atoms with Gasteiger partial charge in [0.1, 0.15) is 11.6 Å². The van der Waals surface area contributed by atoms with Gasteiger partial charge in [0.2, 0.25) is 0 Å². The molecule has 1 N–H and O–H groups in total. The molecule has 0 saturated carbocycles. The van der Waals surface area contributed by atoms with Gasteiger partial charge in [0.25, 0.3) is 0 Å². The second-order valence-electron chi connectivity index (χ2n) is 4.09. The Hall–Kier alpha value is -0.780. The van der Waals surface area contributed by atoms with E-state index in [0.717, 1.165) is 20.6 Å². The van der Waals surface area contributed by atoms with Gasteiger partial charge in [-0.05, 0) is 48.5 Å². The zero-order chi connectivity index (χ0) is 14.0. The minimum absolute atomic E-state index is 0.294. The van der Waals surface area contributed by atoms with Crippen LogP contribution in [0.5, 0.6) is 0 Å². The van der Waals surface area contributed by atoms with Gasteiger partial charge in [0, 0.05) is 15.0 Å². The highest BCUT2D eigenvalue weighted by molar-refractivity contribution is 9.11. The van der Waals surface area contributed by atoms with Crippen LogP contribution < -0.4 is 5.32 Å². The van der Waals surface area contributed by atoms with Gasteiger partial charge in [0.15, 0.2) is 0 Å². The lowest BCUT2D eigenvalue weighted by Crippen LogP contribution is -2.18. The second kappa shape index (κ2) is 6.11. The van der Waals surface area contributed by atoms with Crippen LogP contribution in [0, 0.1) is 11.6 Å². The van der Waals surface area contributed by atoms with Crippen molar-refractivity contribution in [2.75, 3.05) is 7.05 Å². The van der Waals surface area contributed by atoms with E-state index in [9.17, 15) is 8.78 Å². The smallest absolute Gasteiger partial charge is 0.126 e.